The van der Waals surface area contributed by atoms with E-state index in [1.165, 1.54) is 17.7 Å². The lowest BCUT2D eigenvalue weighted by Gasteiger charge is -2.23. The first kappa shape index (κ1) is 40.7. The number of aromatic nitrogens is 5. The molecule has 1 fully saturated rings. The lowest BCUT2D eigenvalue weighted by molar-refractivity contribution is -0.142. The van der Waals surface area contributed by atoms with Crippen molar-refractivity contribution in [3.63, 3.8) is 0 Å². The number of hydrogen-bond acceptors (Lipinski definition) is 8. The predicted octanol–water partition coefficient (Wildman–Crippen LogP) is 5.70. The van der Waals surface area contributed by atoms with E-state index in [-0.39, 0.29) is 48.0 Å². The molecule has 2 aliphatic rings. The van der Waals surface area contributed by atoms with Crippen molar-refractivity contribution >= 4 is 32.7 Å². The second-order valence-electron chi connectivity index (χ2n) is 14.4. The molecule has 12 nitrogen and oxygen atoms in total. The van der Waals surface area contributed by atoms with Crippen LogP contribution in [0.1, 0.15) is 65.6 Å². The molecule has 1 saturated heterocycles. The first-order valence-electron chi connectivity index (χ1n) is 17.7. The maximum absolute atomic E-state index is 15.2. The van der Waals surface area contributed by atoms with E-state index in [0.29, 0.717) is 27.2 Å². The summed E-state index contributed by atoms with van der Waals surface area (Å²) in [5.74, 6) is -2.49. The Bertz CT molecular complexity index is 2610. The molecule has 1 amide bonds. The van der Waals surface area contributed by atoms with Crippen LogP contribution in [0, 0.1) is 23.5 Å². The minimum absolute atomic E-state index is 0.00234. The minimum atomic E-state index is -5.11. The van der Waals surface area contributed by atoms with E-state index in [0.717, 1.165) is 18.4 Å². The Kier molecular flexibility index (Phi) is 10.3. The van der Waals surface area contributed by atoms with Crippen molar-refractivity contribution in [3.8, 4) is 23.0 Å². The zero-order valence-corrected chi connectivity index (χ0v) is 31.7. The molecule has 5 aromatic rings. The minimum Gasteiger partial charge on any atom is -0.377 e. The predicted molar refractivity (Wildman–Crippen MR) is 195 cm³/mol. The SMILES string of the molecule is C[C@H]1CC(F)(F)c2c1c(C(F)(F)F)nn2CC(=O)N[C@@H](Cc1cc(F)cc(F)c1)c1nc(C#CC2(O)CCOC2)ccc1-c1cccc2c(NS(C)(=O)=O)nn(C)c12. The van der Waals surface area contributed by atoms with Gasteiger partial charge in [-0.2, -0.15) is 32.1 Å². The quantitative estimate of drug-likeness (QED) is 0.126. The van der Waals surface area contributed by atoms with Crippen molar-refractivity contribution < 1.29 is 53.8 Å². The summed E-state index contributed by atoms with van der Waals surface area (Å²) in [7, 11) is -2.25. The highest BCUT2D eigenvalue weighted by Crippen LogP contribution is 2.52. The summed E-state index contributed by atoms with van der Waals surface area (Å²) in [6.07, 6.45) is -5.28. The van der Waals surface area contributed by atoms with Gasteiger partial charge in [0.05, 0.1) is 36.7 Å². The van der Waals surface area contributed by atoms with Gasteiger partial charge in [-0.3, -0.25) is 18.9 Å². The van der Waals surface area contributed by atoms with E-state index >= 15 is 8.78 Å². The number of para-hydroxylation sites is 1. The molecule has 0 radical (unpaired) electrons. The Labute approximate surface area is 326 Å². The highest BCUT2D eigenvalue weighted by molar-refractivity contribution is 7.92. The van der Waals surface area contributed by atoms with E-state index in [1.807, 2.05) is 0 Å². The maximum Gasteiger partial charge on any atom is 0.435 e. The van der Waals surface area contributed by atoms with E-state index in [2.05, 4.69) is 32.1 Å². The smallest absolute Gasteiger partial charge is 0.377 e. The molecule has 0 bridgehead atoms. The number of aliphatic hydroxyl groups is 1. The van der Waals surface area contributed by atoms with Crippen molar-refractivity contribution in [2.75, 3.05) is 24.2 Å². The molecule has 58 heavy (non-hydrogen) atoms. The Morgan fingerprint density at radius 2 is 1.83 bits per heavy atom. The van der Waals surface area contributed by atoms with Crippen molar-refractivity contribution in [2.45, 2.75) is 62.4 Å². The van der Waals surface area contributed by atoms with Crippen LogP contribution in [0.15, 0.2) is 48.5 Å². The van der Waals surface area contributed by atoms with Crippen LogP contribution in [0.25, 0.3) is 22.0 Å². The van der Waals surface area contributed by atoms with Crippen LogP contribution in [-0.2, 0) is 51.7 Å². The molecule has 3 N–H and O–H groups in total. The van der Waals surface area contributed by atoms with Gasteiger partial charge in [0.2, 0.25) is 15.9 Å². The number of benzene rings is 2. The van der Waals surface area contributed by atoms with Gasteiger partial charge in [-0.1, -0.05) is 25.0 Å². The van der Waals surface area contributed by atoms with E-state index in [9.17, 15) is 40.3 Å². The van der Waals surface area contributed by atoms with Gasteiger partial charge < -0.3 is 15.2 Å². The largest absolute Gasteiger partial charge is 0.435 e. The van der Waals surface area contributed by atoms with Gasteiger partial charge in [-0.05, 0) is 54.2 Å². The summed E-state index contributed by atoms with van der Waals surface area (Å²) in [4.78, 5) is 18.6. The highest BCUT2D eigenvalue weighted by Gasteiger charge is 2.53. The van der Waals surface area contributed by atoms with Crippen LogP contribution >= 0.6 is 0 Å². The number of fused-ring (bicyclic) bond motifs is 2. The summed E-state index contributed by atoms with van der Waals surface area (Å²) in [6.45, 7) is 0.279. The summed E-state index contributed by atoms with van der Waals surface area (Å²) < 4.78 is 135. The molecule has 0 saturated carbocycles. The topological polar surface area (TPSA) is 153 Å². The summed E-state index contributed by atoms with van der Waals surface area (Å²) in [6, 6.07) is 9.08. The van der Waals surface area contributed by atoms with Gasteiger partial charge in [0, 0.05) is 48.0 Å². The monoisotopic (exact) mass is 833 g/mol. The molecule has 0 spiro atoms. The average Bonchev–Trinajstić information content (AvgIpc) is 3.86. The molecule has 306 valence electrons. The van der Waals surface area contributed by atoms with Gasteiger partial charge in [-0.15, -0.1) is 0 Å². The molecule has 1 aliphatic heterocycles. The van der Waals surface area contributed by atoms with Gasteiger partial charge in [0.1, 0.15) is 29.6 Å². The number of aryl methyl sites for hydroxylation is 1. The molecular weight excluding hydrogens is 800 g/mol. The number of hydrogen-bond donors (Lipinski definition) is 3. The number of carbonyl (C=O) groups excluding carboxylic acids is 1. The standard InChI is InChI=1S/C38H34F7N7O5S/c1-20-17-37(41,42)34-30(20)33(38(43,44)45)48-52(34)18-29(53)47-28(15-21-13-22(39)16-23(40)14-21)31-25(8-7-24(46-31)9-10-36(54)11-12-57-19-36)26-5-4-6-27-32(26)51(2)49-35(27)50-58(3,55)56/h4-8,13-14,16,20,28,54H,11-12,15,17-19H2,1-3H3,(H,47,53)(H,49,50)/t20-,28-,36?/m0/s1. The number of nitrogens with zero attached hydrogens (tertiary/aromatic N) is 5. The summed E-state index contributed by atoms with van der Waals surface area (Å²) in [5, 5.41) is 21.5. The molecule has 3 atom stereocenters. The number of nitrogens with one attached hydrogen (secondary N) is 2. The highest BCUT2D eigenvalue weighted by atomic mass is 32.2. The zero-order valence-electron chi connectivity index (χ0n) is 30.9. The van der Waals surface area contributed by atoms with Gasteiger partial charge in [-0.25, -0.2) is 22.2 Å². The lowest BCUT2D eigenvalue weighted by atomic mass is 9.93. The summed E-state index contributed by atoms with van der Waals surface area (Å²) >= 11 is 0. The van der Waals surface area contributed by atoms with Crippen LogP contribution in [-0.4, -0.2) is 69.0 Å². The number of ether oxygens (including phenoxy) is 1. The van der Waals surface area contributed by atoms with Crippen LogP contribution in [0.4, 0.5) is 36.6 Å². The van der Waals surface area contributed by atoms with E-state index in [4.69, 9.17) is 9.72 Å². The Hall–Kier alpha value is -5.52. The number of pyridine rings is 1. The molecule has 20 heteroatoms. The van der Waals surface area contributed by atoms with Gasteiger partial charge in [0.15, 0.2) is 17.1 Å². The first-order valence-corrected chi connectivity index (χ1v) is 19.6. The second kappa shape index (κ2) is 14.7. The Morgan fingerprint density at radius 1 is 1.10 bits per heavy atom. The number of amides is 1. The van der Waals surface area contributed by atoms with Crippen LogP contribution < -0.4 is 10.0 Å². The number of halogens is 7. The molecule has 4 heterocycles. The molecule has 1 unspecified atom stereocenters. The third-order valence-corrected chi connectivity index (χ3v) is 10.3. The fourth-order valence-electron chi connectivity index (χ4n) is 7.47. The van der Waals surface area contributed by atoms with Crippen molar-refractivity contribution in [1.29, 1.82) is 0 Å². The van der Waals surface area contributed by atoms with E-state index in [1.54, 1.807) is 31.3 Å². The van der Waals surface area contributed by atoms with Crippen LogP contribution in [0.5, 0.6) is 0 Å². The lowest BCUT2D eigenvalue weighted by Crippen LogP contribution is -2.35. The van der Waals surface area contributed by atoms with Crippen molar-refractivity contribution in [2.24, 2.45) is 7.05 Å². The number of anilines is 1. The second-order valence-corrected chi connectivity index (χ2v) is 16.2. The molecule has 7 rings (SSSR count). The maximum atomic E-state index is 15.2. The average molecular weight is 834 g/mol. The Balaban J connectivity index is 1.38. The third-order valence-electron chi connectivity index (χ3n) is 9.77. The zero-order chi connectivity index (χ0) is 41.9. The van der Waals surface area contributed by atoms with Gasteiger partial charge in [0.25, 0.3) is 5.92 Å². The van der Waals surface area contributed by atoms with Gasteiger partial charge >= 0.3 is 6.18 Å². The van der Waals surface area contributed by atoms with Crippen molar-refractivity contribution in [3.05, 3.63) is 94.1 Å². The fourth-order valence-corrected chi connectivity index (χ4v) is 7.97. The molecular formula is C38H34F7N7O5S. The van der Waals surface area contributed by atoms with Crippen LogP contribution in [0.3, 0.4) is 0 Å². The molecule has 2 aromatic carbocycles. The van der Waals surface area contributed by atoms with Crippen molar-refractivity contribution in [1.82, 2.24) is 29.9 Å². The molecule has 1 aliphatic carbocycles. The third kappa shape index (κ3) is 8.24. The normalized spacial score (nSPS) is 19.5. The Morgan fingerprint density at radius 3 is 2.48 bits per heavy atom. The number of sulfonamides is 1. The summed E-state index contributed by atoms with van der Waals surface area (Å²) in [5.41, 5.74) is -3.75. The fraction of sp³-hybridized carbons (Fsp3) is 0.368. The number of alkyl halides is 5. The van der Waals surface area contributed by atoms with E-state index < -0.39 is 93.6 Å². The number of carbonyl (C=O) groups is 1. The molecule has 3 aromatic heterocycles. The number of rotatable bonds is 9. The van der Waals surface area contributed by atoms with Crippen LogP contribution in [0.2, 0.25) is 0 Å². The first-order chi connectivity index (χ1) is 27.1.